The van der Waals surface area contributed by atoms with Crippen LogP contribution in [0.25, 0.3) is 33.1 Å². The van der Waals surface area contributed by atoms with Crippen LogP contribution < -0.4 is 0 Å². The lowest BCUT2D eigenvalue weighted by Crippen LogP contribution is -1.86. The summed E-state index contributed by atoms with van der Waals surface area (Å²) in [5.74, 6) is -0.571. The second-order valence-corrected chi connectivity index (χ2v) is 5.38. The first-order valence-electron chi connectivity index (χ1n) is 6.96. The van der Waals surface area contributed by atoms with Crippen molar-refractivity contribution < 1.29 is 8.78 Å². The molecule has 22 heavy (non-hydrogen) atoms. The minimum atomic E-state index is -0.322. The van der Waals surface area contributed by atoms with Gasteiger partial charge in [-0.3, -0.25) is 0 Å². The smallest absolute Gasteiger partial charge is 0.126 e. The Hall–Kier alpha value is -2.75. The van der Waals surface area contributed by atoms with Crippen molar-refractivity contribution in [3.63, 3.8) is 0 Å². The fourth-order valence-corrected chi connectivity index (χ4v) is 2.70. The van der Waals surface area contributed by atoms with E-state index in [1.54, 1.807) is 25.3 Å². The Morgan fingerprint density at radius 1 is 1.00 bits per heavy atom. The van der Waals surface area contributed by atoms with E-state index >= 15 is 0 Å². The van der Waals surface area contributed by atoms with E-state index in [2.05, 4.69) is 9.97 Å². The van der Waals surface area contributed by atoms with Crippen molar-refractivity contribution in [3.05, 3.63) is 65.9 Å². The van der Waals surface area contributed by atoms with Gasteiger partial charge in [-0.2, -0.15) is 0 Å². The summed E-state index contributed by atoms with van der Waals surface area (Å²) in [6, 6.07) is 11.5. The van der Waals surface area contributed by atoms with Gasteiger partial charge in [-0.15, -0.1) is 0 Å². The van der Waals surface area contributed by atoms with Crippen LogP contribution in [0.15, 0.2) is 48.7 Å². The lowest BCUT2D eigenvalue weighted by atomic mass is 10.1. The quantitative estimate of drug-likeness (QED) is 0.527. The zero-order chi connectivity index (χ0) is 15.3. The molecule has 0 radical (unpaired) electrons. The van der Waals surface area contributed by atoms with Crippen molar-refractivity contribution in [2.45, 2.75) is 6.92 Å². The predicted molar refractivity (Wildman–Crippen MR) is 83.7 cm³/mol. The van der Waals surface area contributed by atoms with Gasteiger partial charge in [0.2, 0.25) is 0 Å². The van der Waals surface area contributed by atoms with Gasteiger partial charge in [0.25, 0.3) is 0 Å². The van der Waals surface area contributed by atoms with Gasteiger partial charge in [0.15, 0.2) is 0 Å². The highest BCUT2D eigenvalue weighted by Crippen LogP contribution is 2.30. The number of halogens is 2. The average molecular weight is 294 g/mol. The highest BCUT2D eigenvalue weighted by Gasteiger charge is 2.11. The highest BCUT2D eigenvalue weighted by molar-refractivity contribution is 5.96. The van der Waals surface area contributed by atoms with Crippen molar-refractivity contribution in [1.29, 1.82) is 0 Å². The van der Waals surface area contributed by atoms with Crippen molar-refractivity contribution in [2.24, 2.45) is 0 Å². The van der Waals surface area contributed by atoms with E-state index in [1.807, 2.05) is 12.1 Å². The summed E-state index contributed by atoms with van der Waals surface area (Å²) >= 11 is 0. The Morgan fingerprint density at radius 2 is 1.82 bits per heavy atom. The fourth-order valence-electron chi connectivity index (χ4n) is 2.70. The van der Waals surface area contributed by atoms with Crippen LogP contribution in [0, 0.1) is 18.6 Å². The molecule has 0 fully saturated rings. The monoisotopic (exact) mass is 294 g/mol. The minimum Gasteiger partial charge on any atom is -0.360 e. The van der Waals surface area contributed by atoms with E-state index < -0.39 is 0 Å². The highest BCUT2D eigenvalue weighted by atomic mass is 19.1. The standard InChI is InChI=1S/C18H12F2N2/c1-10-6-18-13(8-15(10)20)14(9-21-18)16-5-3-11-2-4-12(19)7-17(11)22-16/h2-9,21H,1H3. The molecule has 4 rings (SSSR count). The minimum absolute atomic E-state index is 0.250. The van der Waals surface area contributed by atoms with Gasteiger partial charge in [-0.25, -0.2) is 13.8 Å². The van der Waals surface area contributed by atoms with E-state index in [0.717, 1.165) is 21.9 Å². The number of H-pyrrole nitrogens is 1. The van der Waals surface area contributed by atoms with E-state index in [9.17, 15) is 8.78 Å². The maximum atomic E-state index is 13.8. The van der Waals surface area contributed by atoms with Crippen LogP contribution in [0.3, 0.4) is 0 Å². The number of aromatic amines is 1. The Labute approximate surface area is 125 Å². The number of nitrogens with one attached hydrogen (secondary N) is 1. The van der Waals surface area contributed by atoms with Crippen LogP contribution in [0.5, 0.6) is 0 Å². The SMILES string of the molecule is Cc1cc2[nH]cc(-c3ccc4ccc(F)cc4n3)c2cc1F. The van der Waals surface area contributed by atoms with Crippen LogP contribution in [-0.2, 0) is 0 Å². The molecule has 0 atom stereocenters. The topological polar surface area (TPSA) is 28.7 Å². The molecule has 1 N–H and O–H groups in total. The molecule has 0 aliphatic heterocycles. The molecule has 2 aromatic heterocycles. The molecule has 0 saturated carbocycles. The Bertz CT molecular complexity index is 1020. The van der Waals surface area contributed by atoms with E-state index in [-0.39, 0.29) is 11.6 Å². The molecule has 4 aromatic rings. The summed E-state index contributed by atoms with van der Waals surface area (Å²) in [5.41, 5.74) is 3.52. The number of hydrogen-bond donors (Lipinski definition) is 1. The molecular formula is C18H12F2N2. The summed E-state index contributed by atoms with van der Waals surface area (Å²) in [5, 5.41) is 1.64. The molecule has 0 bridgehead atoms. The van der Waals surface area contributed by atoms with Crippen molar-refractivity contribution in [2.75, 3.05) is 0 Å². The number of benzene rings is 2. The van der Waals surface area contributed by atoms with Crippen LogP contribution >= 0.6 is 0 Å². The molecule has 4 heteroatoms. The number of fused-ring (bicyclic) bond motifs is 2. The second-order valence-electron chi connectivity index (χ2n) is 5.38. The number of aromatic nitrogens is 2. The molecule has 0 unspecified atom stereocenters. The van der Waals surface area contributed by atoms with Crippen LogP contribution in [0.1, 0.15) is 5.56 Å². The zero-order valence-corrected chi connectivity index (χ0v) is 11.8. The van der Waals surface area contributed by atoms with Gasteiger partial charge in [0, 0.05) is 34.1 Å². The Balaban J connectivity index is 1.96. The van der Waals surface area contributed by atoms with E-state index in [4.69, 9.17) is 0 Å². The summed E-state index contributed by atoms with van der Waals surface area (Å²) in [7, 11) is 0. The number of nitrogens with zero attached hydrogens (tertiary/aromatic N) is 1. The Morgan fingerprint density at radius 3 is 2.68 bits per heavy atom. The van der Waals surface area contributed by atoms with Gasteiger partial charge >= 0.3 is 0 Å². The third-order valence-electron chi connectivity index (χ3n) is 3.89. The first-order chi connectivity index (χ1) is 10.6. The van der Waals surface area contributed by atoms with Crippen molar-refractivity contribution in [1.82, 2.24) is 9.97 Å². The number of pyridine rings is 1. The predicted octanol–water partition coefficient (Wildman–Crippen LogP) is 4.97. The van der Waals surface area contributed by atoms with Gasteiger partial charge in [0.05, 0.1) is 11.2 Å². The number of rotatable bonds is 1. The molecule has 2 aromatic carbocycles. The summed E-state index contributed by atoms with van der Waals surface area (Å²) in [6.45, 7) is 1.73. The van der Waals surface area contributed by atoms with Crippen LogP contribution in [0.4, 0.5) is 8.78 Å². The first-order valence-corrected chi connectivity index (χ1v) is 6.96. The van der Waals surface area contributed by atoms with Gasteiger partial charge < -0.3 is 4.98 Å². The number of hydrogen-bond acceptors (Lipinski definition) is 1. The number of aryl methyl sites for hydroxylation is 1. The fraction of sp³-hybridized carbons (Fsp3) is 0.0556. The van der Waals surface area contributed by atoms with Crippen molar-refractivity contribution >= 4 is 21.8 Å². The molecule has 0 saturated heterocycles. The molecule has 0 spiro atoms. The normalized spacial score (nSPS) is 11.4. The largest absolute Gasteiger partial charge is 0.360 e. The second kappa shape index (κ2) is 4.63. The maximum Gasteiger partial charge on any atom is 0.126 e. The molecule has 0 aliphatic carbocycles. The van der Waals surface area contributed by atoms with Crippen LogP contribution in [-0.4, -0.2) is 9.97 Å². The summed E-state index contributed by atoms with van der Waals surface area (Å²) < 4.78 is 27.2. The van der Waals surface area contributed by atoms with Crippen LogP contribution in [0.2, 0.25) is 0 Å². The van der Waals surface area contributed by atoms with Gasteiger partial charge in [0.1, 0.15) is 11.6 Å². The van der Waals surface area contributed by atoms with Crippen molar-refractivity contribution in [3.8, 4) is 11.3 Å². The molecule has 2 heterocycles. The molecule has 0 aliphatic rings. The molecule has 108 valence electrons. The third kappa shape index (κ3) is 1.96. The molecule has 0 amide bonds. The van der Waals surface area contributed by atoms with Gasteiger partial charge in [-0.1, -0.05) is 6.07 Å². The average Bonchev–Trinajstić information content (AvgIpc) is 2.89. The zero-order valence-electron chi connectivity index (χ0n) is 11.8. The lowest BCUT2D eigenvalue weighted by molar-refractivity contribution is 0.620. The van der Waals surface area contributed by atoms with Gasteiger partial charge in [-0.05, 0) is 42.8 Å². The molecular weight excluding hydrogens is 282 g/mol. The first kappa shape index (κ1) is 13.0. The summed E-state index contributed by atoms with van der Waals surface area (Å²) in [6.07, 6.45) is 1.80. The van der Waals surface area contributed by atoms with E-state index in [1.165, 1.54) is 18.2 Å². The third-order valence-corrected chi connectivity index (χ3v) is 3.89. The summed E-state index contributed by atoms with van der Waals surface area (Å²) in [4.78, 5) is 7.63. The van der Waals surface area contributed by atoms with E-state index in [0.29, 0.717) is 16.8 Å². The lowest BCUT2D eigenvalue weighted by Gasteiger charge is -2.03. The Kier molecular flexibility index (Phi) is 2.73. The maximum absolute atomic E-state index is 13.8. The molecule has 2 nitrogen and oxygen atoms in total.